The van der Waals surface area contributed by atoms with E-state index in [-0.39, 0.29) is 33.0 Å². The normalized spacial score (nSPS) is 13.9. The van der Waals surface area contributed by atoms with Gasteiger partial charge < -0.3 is 14.1 Å². The van der Waals surface area contributed by atoms with E-state index in [1.807, 2.05) is 13.8 Å². The average Bonchev–Trinajstić information content (AvgIpc) is 2.55. The van der Waals surface area contributed by atoms with Crippen LogP contribution in [0.5, 0.6) is 0 Å². The summed E-state index contributed by atoms with van der Waals surface area (Å²) >= 11 is 6.01. The summed E-state index contributed by atoms with van der Waals surface area (Å²) in [6.45, 7) is 15.4. The summed E-state index contributed by atoms with van der Waals surface area (Å²) in [5, 5.41) is 10.1. The Balaban J connectivity index is 2.63. The molecule has 0 aromatic carbocycles. The van der Waals surface area contributed by atoms with Crippen molar-refractivity contribution in [1.82, 2.24) is 9.55 Å². The number of fused-ring (bicyclic) bond motifs is 1. The van der Waals surface area contributed by atoms with E-state index >= 15 is 0 Å². The van der Waals surface area contributed by atoms with E-state index in [0.29, 0.717) is 12.3 Å². The zero-order valence-corrected chi connectivity index (χ0v) is 19.3. The molecule has 8 heteroatoms. The van der Waals surface area contributed by atoms with Gasteiger partial charge in [-0.1, -0.05) is 46.2 Å². The highest BCUT2D eigenvalue weighted by Gasteiger charge is 2.38. The summed E-state index contributed by atoms with van der Waals surface area (Å²) in [4.78, 5) is 28.6. The van der Waals surface area contributed by atoms with Crippen molar-refractivity contribution in [2.24, 2.45) is 5.92 Å². The first-order valence-electron chi connectivity index (χ1n) is 9.34. The second-order valence-electron chi connectivity index (χ2n) is 8.99. The highest BCUT2D eigenvalue weighted by atomic mass is 35.5. The van der Waals surface area contributed by atoms with Gasteiger partial charge in [0, 0.05) is 12.4 Å². The molecule has 0 saturated carbocycles. The molecule has 1 N–H and O–H groups in total. The fourth-order valence-corrected chi connectivity index (χ4v) is 3.90. The predicted octanol–water partition coefficient (Wildman–Crippen LogP) is 4.97. The number of hydrogen-bond acceptors (Lipinski definition) is 4. The first-order chi connectivity index (χ1) is 12.8. The van der Waals surface area contributed by atoms with Crippen molar-refractivity contribution in [1.29, 1.82) is 0 Å². The van der Waals surface area contributed by atoms with Crippen molar-refractivity contribution in [2.75, 3.05) is 6.61 Å². The number of aromatic carboxylic acids is 1. The number of nitrogens with zero attached hydrogens (tertiary/aromatic N) is 2. The van der Waals surface area contributed by atoms with Crippen LogP contribution in [0.3, 0.4) is 0 Å². The van der Waals surface area contributed by atoms with Crippen LogP contribution >= 0.6 is 11.6 Å². The quantitative estimate of drug-likeness (QED) is 0.662. The lowest BCUT2D eigenvalue weighted by molar-refractivity contribution is 0.0694. The van der Waals surface area contributed by atoms with Crippen LogP contribution in [-0.2, 0) is 4.43 Å². The Labute approximate surface area is 171 Å². The van der Waals surface area contributed by atoms with Crippen molar-refractivity contribution in [3.05, 3.63) is 39.3 Å². The first kappa shape index (κ1) is 22.6. The minimum atomic E-state index is -2.00. The first-order valence-corrected chi connectivity index (χ1v) is 12.6. The second kappa shape index (κ2) is 7.97. The highest BCUT2D eigenvalue weighted by molar-refractivity contribution is 6.74. The van der Waals surface area contributed by atoms with Gasteiger partial charge in [0.15, 0.2) is 8.32 Å². The van der Waals surface area contributed by atoms with E-state index in [4.69, 9.17) is 16.0 Å². The van der Waals surface area contributed by atoms with Crippen LogP contribution < -0.4 is 5.43 Å². The van der Waals surface area contributed by atoms with Gasteiger partial charge in [0.1, 0.15) is 11.2 Å². The van der Waals surface area contributed by atoms with E-state index in [0.717, 1.165) is 0 Å². The second-order valence-corrected chi connectivity index (χ2v) is 14.2. The monoisotopic (exact) mass is 424 g/mol. The number of aromatic nitrogens is 2. The van der Waals surface area contributed by atoms with Gasteiger partial charge in [0.25, 0.3) is 0 Å². The molecule has 2 heterocycles. The maximum Gasteiger partial charge on any atom is 0.341 e. The molecule has 0 aliphatic heterocycles. The van der Waals surface area contributed by atoms with Gasteiger partial charge >= 0.3 is 5.97 Å². The van der Waals surface area contributed by atoms with E-state index in [1.54, 1.807) is 4.57 Å². The molecule has 2 rings (SSSR count). The fraction of sp³-hybridized carbons (Fsp3) is 0.550. The maximum atomic E-state index is 12.6. The SMILES string of the molecule is CC(C)C(CO[Si](C)(C)C(C)(C)C)n1cc(C(=O)O)c(=O)c2cc(Cl)cnc21. The molecule has 0 bridgehead atoms. The Bertz CT molecular complexity index is 948. The van der Waals surface area contributed by atoms with E-state index < -0.39 is 19.7 Å². The molecule has 0 fully saturated rings. The molecule has 6 nitrogen and oxygen atoms in total. The number of rotatable bonds is 6. The van der Waals surface area contributed by atoms with Crippen LogP contribution in [0.15, 0.2) is 23.3 Å². The Morgan fingerprint density at radius 2 is 1.96 bits per heavy atom. The van der Waals surface area contributed by atoms with Gasteiger partial charge in [-0.05, 0) is 30.1 Å². The predicted molar refractivity (Wildman–Crippen MR) is 115 cm³/mol. The summed E-state index contributed by atoms with van der Waals surface area (Å²) < 4.78 is 8.17. The standard InChI is InChI=1S/C20H29ClN2O4Si/c1-12(2)16(11-27-28(6,7)20(3,4)5)23-10-15(19(25)26)17(24)14-8-13(21)9-22-18(14)23/h8-10,12,16H,11H2,1-7H3,(H,25,26). The maximum absolute atomic E-state index is 12.6. The van der Waals surface area contributed by atoms with Crippen molar-refractivity contribution in [3.63, 3.8) is 0 Å². The Morgan fingerprint density at radius 1 is 1.36 bits per heavy atom. The molecule has 0 radical (unpaired) electrons. The highest BCUT2D eigenvalue weighted by Crippen LogP contribution is 2.37. The Hall–Kier alpha value is -1.70. The number of pyridine rings is 2. The molecule has 28 heavy (non-hydrogen) atoms. The summed E-state index contributed by atoms with van der Waals surface area (Å²) in [7, 11) is -2.00. The minimum Gasteiger partial charge on any atom is -0.477 e. The smallest absolute Gasteiger partial charge is 0.341 e. The van der Waals surface area contributed by atoms with Crippen LogP contribution in [0, 0.1) is 5.92 Å². The van der Waals surface area contributed by atoms with Crippen molar-refractivity contribution < 1.29 is 14.3 Å². The molecule has 0 amide bonds. The minimum absolute atomic E-state index is 0.0537. The van der Waals surface area contributed by atoms with Crippen LogP contribution in [0.2, 0.25) is 23.2 Å². The number of carbonyl (C=O) groups is 1. The molecular weight excluding hydrogens is 396 g/mol. The third-order valence-electron chi connectivity index (χ3n) is 5.61. The van der Waals surface area contributed by atoms with Gasteiger partial charge in [-0.15, -0.1) is 0 Å². The lowest BCUT2D eigenvalue weighted by Gasteiger charge is -2.38. The number of carboxylic acids is 1. The van der Waals surface area contributed by atoms with Gasteiger partial charge in [-0.2, -0.15) is 0 Å². The summed E-state index contributed by atoms with van der Waals surface area (Å²) in [6, 6.07) is 1.30. The molecule has 154 valence electrons. The van der Waals surface area contributed by atoms with Crippen molar-refractivity contribution >= 4 is 36.9 Å². The molecule has 1 unspecified atom stereocenters. The molecule has 1 atom stereocenters. The van der Waals surface area contributed by atoms with Crippen LogP contribution in [0.4, 0.5) is 0 Å². The van der Waals surface area contributed by atoms with E-state index in [9.17, 15) is 14.7 Å². The van der Waals surface area contributed by atoms with Gasteiger partial charge in [0.05, 0.1) is 23.1 Å². The Kier molecular flexibility index (Phi) is 6.43. The van der Waals surface area contributed by atoms with Gasteiger partial charge in [-0.3, -0.25) is 4.79 Å². The lowest BCUT2D eigenvalue weighted by Crippen LogP contribution is -2.42. The summed E-state index contributed by atoms with van der Waals surface area (Å²) in [5.74, 6) is -1.14. The lowest BCUT2D eigenvalue weighted by atomic mass is 10.0. The third kappa shape index (κ3) is 4.47. The Morgan fingerprint density at radius 3 is 2.46 bits per heavy atom. The fourth-order valence-electron chi connectivity index (χ4n) is 2.72. The molecule has 0 aliphatic carbocycles. The molecule has 0 spiro atoms. The summed E-state index contributed by atoms with van der Waals surface area (Å²) in [6.07, 6.45) is 2.85. The molecular formula is C20H29ClN2O4Si. The van der Waals surface area contributed by atoms with Crippen molar-refractivity contribution in [2.45, 2.75) is 58.8 Å². The number of halogens is 1. The molecule has 0 saturated heterocycles. The van der Waals surface area contributed by atoms with Crippen LogP contribution in [0.1, 0.15) is 51.0 Å². The van der Waals surface area contributed by atoms with E-state index in [2.05, 4.69) is 38.8 Å². The zero-order valence-electron chi connectivity index (χ0n) is 17.5. The van der Waals surface area contributed by atoms with Gasteiger partial charge in [0.2, 0.25) is 5.43 Å². The van der Waals surface area contributed by atoms with Crippen molar-refractivity contribution in [3.8, 4) is 0 Å². The van der Waals surface area contributed by atoms with E-state index in [1.165, 1.54) is 18.5 Å². The topological polar surface area (TPSA) is 81.4 Å². The van der Waals surface area contributed by atoms with Crippen LogP contribution in [0.25, 0.3) is 11.0 Å². The average molecular weight is 425 g/mol. The summed E-state index contributed by atoms with van der Waals surface area (Å²) in [5.41, 5.74) is -0.465. The molecule has 2 aromatic rings. The zero-order chi connectivity index (χ0) is 21.4. The van der Waals surface area contributed by atoms with Crippen LogP contribution in [-0.4, -0.2) is 35.6 Å². The van der Waals surface area contributed by atoms with Gasteiger partial charge in [-0.25, -0.2) is 9.78 Å². The number of hydrogen-bond donors (Lipinski definition) is 1. The molecule has 0 aliphatic rings. The molecule has 2 aromatic heterocycles. The largest absolute Gasteiger partial charge is 0.477 e. The third-order valence-corrected chi connectivity index (χ3v) is 10.3. The number of carboxylic acid groups (broad SMARTS) is 1.